The second kappa shape index (κ2) is 5.08. The minimum Gasteiger partial charge on any atom is -0.435 e. The van der Waals surface area contributed by atoms with Gasteiger partial charge in [-0.1, -0.05) is 0 Å². The summed E-state index contributed by atoms with van der Waals surface area (Å²) in [6, 6.07) is 3.09. The van der Waals surface area contributed by atoms with Crippen molar-refractivity contribution in [3.8, 4) is 11.6 Å². The smallest absolute Gasteiger partial charge is 0.272 e. The first-order valence-corrected chi connectivity index (χ1v) is 5.61. The fraction of sp³-hybridized carbons (Fsp3) is 0.167. The first kappa shape index (κ1) is 13.7. The van der Waals surface area contributed by atoms with Crippen molar-refractivity contribution in [1.29, 1.82) is 0 Å². The number of rotatable bonds is 3. The SMILES string of the molecule is Cc1nc(N)c(C)c(Oc2ccc([N+](=O)[O-])cc2F)n1. The third-order valence-electron chi connectivity index (χ3n) is 2.58. The minimum absolute atomic E-state index is 0.114. The van der Waals surface area contributed by atoms with E-state index in [1.54, 1.807) is 13.8 Å². The van der Waals surface area contributed by atoms with E-state index < -0.39 is 10.7 Å². The summed E-state index contributed by atoms with van der Waals surface area (Å²) in [7, 11) is 0. The van der Waals surface area contributed by atoms with E-state index in [-0.39, 0.29) is 23.1 Å². The van der Waals surface area contributed by atoms with Crippen LogP contribution in [-0.2, 0) is 0 Å². The molecule has 0 atom stereocenters. The number of non-ortho nitro benzene ring substituents is 1. The van der Waals surface area contributed by atoms with Crippen molar-refractivity contribution in [1.82, 2.24) is 9.97 Å². The molecule has 0 bridgehead atoms. The predicted octanol–water partition coefficient (Wildman–Crippen LogP) is 2.52. The molecular formula is C12H11FN4O3. The summed E-state index contributed by atoms with van der Waals surface area (Å²) in [4.78, 5) is 17.8. The van der Waals surface area contributed by atoms with Crippen molar-refractivity contribution < 1.29 is 14.1 Å². The molecule has 2 N–H and O–H groups in total. The number of halogens is 1. The summed E-state index contributed by atoms with van der Waals surface area (Å²) in [6.07, 6.45) is 0. The van der Waals surface area contributed by atoms with Gasteiger partial charge >= 0.3 is 0 Å². The van der Waals surface area contributed by atoms with Crippen LogP contribution in [0, 0.1) is 29.8 Å². The molecule has 0 aliphatic rings. The van der Waals surface area contributed by atoms with Gasteiger partial charge in [0.15, 0.2) is 11.6 Å². The second-order valence-corrected chi connectivity index (χ2v) is 4.06. The van der Waals surface area contributed by atoms with E-state index in [1.165, 1.54) is 6.07 Å². The van der Waals surface area contributed by atoms with Gasteiger partial charge in [0.05, 0.1) is 16.6 Å². The topological polar surface area (TPSA) is 104 Å². The number of aromatic nitrogens is 2. The molecule has 0 aliphatic heterocycles. The zero-order valence-corrected chi connectivity index (χ0v) is 10.8. The molecule has 0 radical (unpaired) electrons. The molecule has 1 aromatic carbocycles. The van der Waals surface area contributed by atoms with Crippen LogP contribution in [-0.4, -0.2) is 14.9 Å². The number of nitrogens with zero attached hydrogens (tertiary/aromatic N) is 3. The van der Waals surface area contributed by atoms with E-state index >= 15 is 0 Å². The van der Waals surface area contributed by atoms with Crippen LogP contribution in [0.2, 0.25) is 0 Å². The van der Waals surface area contributed by atoms with Crippen LogP contribution in [0.4, 0.5) is 15.9 Å². The summed E-state index contributed by atoms with van der Waals surface area (Å²) in [6.45, 7) is 3.25. The Kier molecular flexibility index (Phi) is 3.47. The van der Waals surface area contributed by atoms with Gasteiger partial charge in [0.1, 0.15) is 11.6 Å². The quantitative estimate of drug-likeness (QED) is 0.683. The Balaban J connectivity index is 2.38. The van der Waals surface area contributed by atoms with Crippen molar-refractivity contribution in [2.24, 2.45) is 0 Å². The van der Waals surface area contributed by atoms with Gasteiger partial charge in [-0.3, -0.25) is 10.1 Å². The molecule has 0 unspecified atom stereocenters. The van der Waals surface area contributed by atoms with Gasteiger partial charge in [-0.05, 0) is 19.9 Å². The monoisotopic (exact) mass is 278 g/mol. The van der Waals surface area contributed by atoms with Crippen molar-refractivity contribution in [3.05, 3.63) is 45.5 Å². The fourth-order valence-electron chi connectivity index (χ4n) is 1.51. The molecule has 0 amide bonds. The molecule has 2 aromatic rings. The van der Waals surface area contributed by atoms with E-state index in [0.717, 1.165) is 12.1 Å². The Morgan fingerprint density at radius 2 is 2.05 bits per heavy atom. The highest BCUT2D eigenvalue weighted by molar-refractivity contribution is 5.46. The molecule has 1 heterocycles. The second-order valence-electron chi connectivity index (χ2n) is 4.06. The number of nitrogen functional groups attached to an aromatic ring is 1. The third-order valence-corrected chi connectivity index (χ3v) is 2.58. The van der Waals surface area contributed by atoms with Crippen LogP contribution in [0.3, 0.4) is 0 Å². The number of benzene rings is 1. The number of anilines is 1. The summed E-state index contributed by atoms with van der Waals surface area (Å²) < 4.78 is 19.0. The van der Waals surface area contributed by atoms with Crippen molar-refractivity contribution >= 4 is 11.5 Å². The van der Waals surface area contributed by atoms with Gasteiger partial charge < -0.3 is 10.5 Å². The normalized spacial score (nSPS) is 10.3. The number of hydrogen-bond acceptors (Lipinski definition) is 6. The first-order chi connectivity index (χ1) is 9.38. The maximum absolute atomic E-state index is 13.7. The minimum atomic E-state index is -0.853. The molecule has 104 valence electrons. The molecule has 20 heavy (non-hydrogen) atoms. The highest BCUT2D eigenvalue weighted by atomic mass is 19.1. The molecular weight excluding hydrogens is 267 g/mol. The molecule has 0 saturated carbocycles. The van der Waals surface area contributed by atoms with Gasteiger partial charge in [0.2, 0.25) is 5.88 Å². The Morgan fingerprint density at radius 3 is 2.65 bits per heavy atom. The van der Waals surface area contributed by atoms with Gasteiger partial charge in [-0.2, -0.15) is 4.98 Å². The average molecular weight is 278 g/mol. The van der Waals surface area contributed by atoms with Gasteiger partial charge in [-0.15, -0.1) is 0 Å². The van der Waals surface area contributed by atoms with Crippen molar-refractivity contribution in [2.75, 3.05) is 5.73 Å². The van der Waals surface area contributed by atoms with E-state index in [2.05, 4.69) is 9.97 Å². The number of nitro groups is 1. The molecule has 8 heteroatoms. The highest BCUT2D eigenvalue weighted by Gasteiger charge is 2.15. The summed E-state index contributed by atoms with van der Waals surface area (Å²) in [5.41, 5.74) is 5.77. The van der Waals surface area contributed by atoms with Gasteiger partial charge in [0, 0.05) is 6.07 Å². The summed E-state index contributed by atoms with van der Waals surface area (Å²) in [5.74, 6) is -0.298. The molecule has 0 spiro atoms. The Hall–Kier alpha value is -2.77. The Labute approximate surface area is 113 Å². The molecule has 0 aliphatic carbocycles. The van der Waals surface area contributed by atoms with Crippen molar-refractivity contribution in [3.63, 3.8) is 0 Å². The maximum Gasteiger partial charge on any atom is 0.272 e. The summed E-state index contributed by atoms with van der Waals surface area (Å²) >= 11 is 0. The number of hydrogen-bond donors (Lipinski definition) is 1. The number of aryl methyl sites for hydroxylation is 1. The molecule has 7 nitrogen and oxygen atoms in total. The number of nitro benzene ring substituents is 1. The summed E-state index contributed by atoms with van der Waals surface area (Å²) in [5, 5.41) is 10.5. The average Bonchev–Trinajstić information content (AvgIpc) is 2.37. The lowest BCUT2D eigenvalue weighted by molar-refractivity contribution is -0.385. The van der Waals surface area contributed by atoms with Crippen LogP contribution < -0.4 is 10.5 Å². The van der Waals surface area contributed by atoms with Crippen LogP contribution in [0.15, 0.2) is 18.2 Å². The third kappa shape index (κ3) is 2.63. The van der Waals surface area contributed by atoms with Crippen LogP contribution in [0.1, 0.15) is 11.4 Å². The van der Waals surface area contributed by atoms with E-state index in [0.29, 0.717) is 11.4 Å². The van der Waals surface area contributed by atoms with Crippen LogP contribution in [0.25, 0.3) is 0 Å². The number of ether oxygens (including phenoxy) is 1. The van der Waals surface area contributed by atoms with Gasteiger partial charge in [-0.25, -0.2) is 9.37 Å². The zero-order valence-electron chi connectivity index (χ0n) is 10.8. The molecule has 0 fully saturated rings. The molecule has 0 saturated heterocycles. The number of nitrogens with two attached hydrogens (primary N) is 1. The standard InChI is InChI=1S/C12H11FN4O3/c1-6-11(14)15-7(2)16-12(6)20-10-4-3-8(17(18)19)5-9(10)13/h3-5H,1-2H3,(H2,14,15,16). The van der Waals surface area contributed by atoms with Crippen LogP contribution >= 0.6 is 0 Å². The van der Waals surface area contributed by atoms with Crippen LogP contribution in [0.5, 0.6) is 11.6 Å². The van der Waals surface area contributed by atoms with Crippen molar-refractivity contribution in [2.45, 2.75) is 13.8 Å². The lowest BCUT2D eigenvalue weighted by Crippen LogP contribution is -2.03. The maximum atomic E-state index is 13.7. The van der Waals surface area contributed by atoms with E-state index in [4.69, 9.17) is 10.5 Å². The molecule has 2 rings (SSSR count). The Bertz CT molecular complexity index is 691. The van der Waals surface area contributed by atoms with E-state index in [1.807, 2.05) is 0 Å². The predicted molar refractivity (Wildman–Crippen MR) is 69.0 cm³/mol. The van der Waals surface area contributed by atoms with E-state index in [9.17, 15) is 14.5 Å². The van der Waals surface area contributed by atoms with Gasteiger partial charge in [0.25, 0.3) is 5.69 Å². The molecule has 1 aromatic heterocycles. The lowest BCUT2D eigenvalue weighted by atomic mass is 10.3. The fourth-order valence-corrected chi connectivity index (χ4v) is 1.51. The zero-order chi connectivity index (χ0) is 14.9. The Morgan fingerprint density at radius 1 is 1.35 bits per heavy atom. The highest BCUT2D eigenvalue weighted by Crippen LogP contribution is 2.29. The lowest BCUT2D eigenvalue weighted by Gasteiger charge is -2.10. The first-order valence-electron chi connectivity index (χ1n) is 5.61. The largest absolute Gasteiger partial charge is 0.435 e.